The van der Waals surface area contributed by atoms with Crippen molar-refractivity contribution in [3.05, 3.63) is 23.3 Å². The van der Waals surface area contributed by atoms with Crippen LogP contribution >= 0.6 is 0 Å². The number of carbonyl (C=O) groups excluding carboxylic acids is 1. The maximum atomic E-state index is 12.0. The van der Waals surface area contributed by atoms with Gasteiger partial charge in [-0.05, 0) is 25.8 Å². The summed E-state index contributed by atoms with van der Waals surface area (Å²) in [6.45, 7) is 3.30. The topological polar surface area (TPSA) is 29.5 Å². The van der Waals surface area contributed by atoms with E-state index in [9.17, 15) is 4.79 Å². The van der Waals surface area contributed by atoms with E-state index in [2.05, 4.69) is 29.7 Å². The highest BCUT2D eigenvalue weighted by Crippen LogP contribution is 2.53. The molecule has 3 atom stereocenters. The van der Waals surface area contributed by atoms with Crippen LogP contribution in [0.4, 0.5) is 0 Å². The Morgan fingerprint density at radius 3 is 3.23 bits per heavy atom. The number of esters is 1. The van der Waals surface area contributed by atoms with E-state index in [1.165, 1.54) is 19.3 Å². The first-order chi connectivity index (χ1) is 10.7. The molecular formula is C19H23NO2. The third-order valence-electron chi connectivity index (χ3n) is 5.55. The lowest BCUT2D eigenvalue weighted by Gasteiger charge is -2.38. The molecule has 3 heteroatoms. The molecule has 4 aliphatic rings. The Kier molecular flexibility index (Phi) is 3.38. The lowest BCUT2D eigenvalue weighted by atomic mass is 9.77. The van der Waals surface area contributed by atoms with E-state index in [0.717, 1.165) is 43.4 Å². The number of ether oxygens (including phenoxy) is 1. The summed E-state index contributed by atoms with van der Waals surface area (Å²) in [6.07, 6.45) is 11.8. The highest BCUT2D eigenvalue weighted by Gasteiger charge is 2.61. The zero-order valence-electron chi connectivity index (χ0n) is 13.2. The molecule has 4 rings (SSSR count). The molecule has 0 aromatic carbocycles. The first kappa shape index (κ1) is 14.1. The normalized spacial score (nSPS) is 35.8. The van der Waals surface area contributed by atoms with E-state index >= 15 is 0 Å². The van der Waals surface area contributed by atoms with Crippen LogP contribution in [0.1, 0.15) is 51.9 Å². The number of piperidine rings is 1. The van der Waals surface area contributed by atoms with E-state index in [1.807, 2.05) is 0 Å². The summed E-state index contributed by atoms with van der Waals surface area (Å²) >= 11 is 0. The third kappa shape index (κ3) is 1.97. The number of rotatable bonds is 2. The smallest absolute Gasteiger partial charge is 0.332 e. The molecule has 0 aromatic rings. The second kappa shape index (κ2) is 5.28. The number of carbonyl (C=O) groups is 1. The van der Waals surface area contributed by atoms with Crippen molar-refractivity contribution in [1.29, 1.82) is 0 Å². The molecule has 2 bridgehead atoms. The van der Waals surface area contributed by atoms with Gasteiger partial charge in [-0.1, -0.05) is 37.7 Å². The molecule has 3 nitrogen and oxygen atoms in total. The Morgan fingerprint density at radius 1 is 1.45 bits per heavy atom. The van der Waals surface area contributed by atoms with E-state index in [1.54, 1.807) is 6.08 Å². The summed E-state index contributed by atoms with van der Waals surface area (Å²) in [5.74, 6) is 6.45. The van der Waals surface area contributed by atoms with Gasteiger partial charge in [0.05, 0.1) is 6.04 Å². The fourth-order valence-corrected chi connectivity index (χ4v) is 4.59. The van der Waals surface area contributed by atoms with Gasteiger partial charge in [0.25, 0.3) is 0 Å². The van der Waals surface area contributed by atoms with Crippen molar-refractivity contribution in [2.24, 2.45) is 0 Å². The minimum absolute atomic E-state index is 0.177. The van der Waals surface area contributed by atoms with Crippen LogP contribution in [0.2, 0.25) is 0 Å². The van der Waals surface area contributed by atoms with Gasteiger partial charge in [0, 0.05) is 36.1 Å². The molecule has 2 saturated heterocycles. The van der Waals surface area contributed by atoms with Gasteiger partial charge in [-0.3, -0.25) is 4.90 Å². The van der Waals surface area contributed by atoms with Gasteiger partial charge in [-0.2, -0.15) is 0 Å². The molecule has 2 fully saturated rings. The average Bonchev–Trinajstić information content (AvgIpc) is 3.00. The van der Waals surface area contributed by atoms with Crippen LogP contribution < -0.4 is 0 Å². The number of hydrogen-bond acceptors (Lipinski definition) is 3. The number of fused-ring (bicyclic) bond motifs is 3. The van der Waals surface area contributed by atoms with Crippen molar-refractivity contribution in [2.75, 3.05) is 6.54 Å². The van der Waals surface area contributed by atoms with Gasteiger partial charge in [0.2, 0.25) is 0 Å². The Labute approximate surface area is 132 Å². The average molecular weight is 297 g/mol. The monoisotopic (exact) mass is 297 g/mol. The molecule has 3 heterocycles. The Hall–Kier alpha value is -1.53. The molecule has 116 valence electrons. The van der Waals surface area contributed by atoms with Gasteiger partial charge in [-0.25, -0.2) is 4.79 Å². The van der Waals surface area contributed by atoms with Crippen molar-refractivity contribution in [3.8, 4) is 11.8 Å². The fraction of sp³-hybridized carbons (Fsp3) is 0.632. The van der Waals surface area contributed by atoms with Crippen LogP contribution in [-0.2, 0) is 9.53 Å². The van der Waals surface area contributed by atoms with Crippen LogP contribution in [0.5, 0.6) is 0 Å². The van der Waals surface area contributed by atoms with E-state index in [0.29, 0.717) is 12.1 Å². The predicted octanol–water partition coefficient (Wildman–Crippen LogP) is 2.97. The zero-order chi connectivity index (χ0) is 15.2. The van der Waals surface area contributed by atoms with Crippen molar-refractivity contribution >= 4 is 5.97 Å². The number of nitrogens with zero attached hydrogens (tertiary/aromatic N) is 1. The van der Waals surface area contributed by atoms with E-state index in [4.69, 9.17) is 4.74 Å². The zero-order valence-corrected chi connectivity index (χ0v) is 13.2. The predicted molar refractivity (Wildman–Crippen MR) is 85.0 cm³/mol. The molecule has 22 heavy (non-hydrogen) atoms. The highest BCUT2D eigenvalue weighted by atomic mass is 16.6. The van der Waals surface area contributed by atoms with E-state index in [-0.39, 0.29) is 5.97 Å². The first-order valence-corrected chi connectivity index (χ1v) is 8.66. The van der Waals surface area contributed by atoms with Gasteiger partial charge in [0.1, 0.15) is 0 Å². The van der Waals surface area contributed by atoms with Crippen LogP contribution in [0.3, 0.4) is 0 Å². The third-order valence-corrected chi connectivity index (χ3v) is 5.55. The molecule has 0 radical (unpaired) electrons. The fourth-order valence-electron chi connectivity index (χ4n) is 4.59. The first-order valence-electron chi connectivity index (χ1n) is 8.66. The summed E-state index contributed by atoms with van der Waals surface area (Å²) < 4.78 is 5.89. The molecule has 3 aliphatic heterocycles. The second-order valence-corrected chi connectivity index (χ2v) is 6.88. The standard InChI is InChI=1S/C19H23NO2/c1-2-3-4-5-8-14-11-15-13-19(16(14)12-18(21)22-19)17-9-6-7-10-20(15)17/h11-12,15,17H,2-4,6-7,9-10,13H2,1H3. The SMILES string of the molecule is CCCCC#CC1=CC2CC3(OC(=O)C=C13)C1CCCCN21. The van der Waals surface area contributed by atoms with Crippen molar-refractivity contribution in [1.82, 2.24) is 4.90 Å². The van der Waals surface area contributed by atoms with Crippen LogP contribution in [-0.4, -0.2) is 35.1 Å². The Morgan fingerprint density at radius 2 is 2.36 bits per heavy atom. The molecular weight excluding hydrogens is 274 g/mol. The Balaban J connectivity index is 1.70. The maximum Gasteiger partial charge on any atom is 0.332 e. The summed E-state index contributed by atoms with van der Waals surface area (Å²) in [7, 11) is 0. The van der Waals surface area contributed by atoms with Gasteiger partial charge < -0.3 is 4.74 Å². The summed E-state index contributed by atoms with van der Waals surface area (Å²) in [4.78, 5) is 14.5. The minimum Gasteiger partial charge on any atom is -0.449 e. The van der Waals surface area contributed by atoms with Crippen molar-refractivity contribution < 1.29 is 9.53 Å². The molecule has 0 N–H and O–H groups in total. The quantitative estimate of drug-likeness (QED) is 0.446. The summed E-state index contributed by atoms with van der Waals surface area (Å²) in [5.41, 5.74) is 1.71. The lowest BCUT2D eigenvalue weighted by Crippen LogP contribution is -2.48. The molecule has 0 aromatic heterocycles. The van der Waals surface area contributed by atoms with Gasteiger partial charge in [0.15, 0.2) is 5.60 Å². The molecule has 3 unspecified atom stereocenters. The maximum absolute atomic E-state index is 12.0. The lowest BCUT2D eigenvalue weighted by molar-refractivity contribution is -0.148. The highest BCUT2D eigenvalue weighted by molar-refractivity contribution is 5.90. The Bertz CT molecular complexity index is 621. The van der Waals surface area contributed by atoms with Crippen molar-refractivity contribution in [2.45, 2.75) is 69.6 Å². The molecule has 0 amide bonds. The number of unbranched alkanes of at least 4 members (excludes halogenated alkanes) is 2. The molecule has 1 spiro atoms. The summed E-state index contributed by atoms with van der Waals surface area (Å²) in [5, 5.41) is 0. The minimum atomic E-state index is -0.397. The second-order valence-electron chi connectivity index (χ2n) is 6.88. The largest absolute Gasteiger partial charge is 0.449 e. The van der Waals surface area contributed by atoms with Crippen LogP contribution in [0.15, 0.2) is 23.3 Å². The molecule has 0 saturated carbocycles. The van der Waals surface area contributed by atoms with Crippen LogP contribution in [0.25, 0.3) is 0 Å². The number of hydrogen-bond donors (Lipinski definition) is 0. The van der Waals surface area contributed by atoms with Crippen LogP contribution in [0, 0.1) is 11.8 Å². The van der Waals surface area contributed by atoms with E-state index < -0.39 is 5.60 Å². The molecule has 1 aliphatic carbocycles. The van der Waals surface area contributed by atoms with Crippen molar-refractivity contribution in [3.63, 3.8) is 0 Å². The summed E-state index contributed by atoms with van der Waals surface area (Å²) in [6, 6.07) is 0.749. The van der Waals surface area contributed by atoms with Gasteiger partial charge >= 0.3 is 5.97 Å². The van der Waals surface area contributed by atoms with Gasteiger partial charge in [-0.15, -0.1) is 0 Å².